The molecule has 0 unspecified atom stereocenters. The molecule has 0 aromatic carbocycles. The molecule has 0 saturated heterocycles. The number of hydrogen-bond acceptors (Lipinski definition) is 1. The molecule has 0 bridgehead atoms. The molecule has 0 aliphatic carbocycles. The molecule has 2 nitrogen and oxygen atoms in total. The van der Waals surface area contributed by atoms with Gasteiger partial charge in [0.1, 0.15) is 0 Å². The van der Waals surface area contributed by atoms with E-state index in [9.17, 15) is 0 Å². The number of hydrogen-bond donors (Lipinski definition) is 1. The van der Waals surface area contributed by atoms with Gasteiger partial charge in [-0.2, -0.15) is 0 Å². The summed E-state index contributed by atoms with van der Waals surface area (Å²) in [6.45, 7) is 0. The van der Waals surface area contributed by atoms with E-state index < -0.39 is 0 Å². The van der Waals surface area contributed by atoms with Crippen LogP contribution in [0.5, 0.6) is 0 Å². The van der Waals surface area contributed by atoms with Gasteiger partial charge in [0, 0.05) is 16.1 Å². The largest absolute Gasteiger partial charge is 0.319 e. The molecule has 0 heterocycles. The van der Waals surface area contributed by atoms with Gasteiger partial charge in [-0.15, -0.1) is 0 Å². The molecule has 0 atom stereocenters. The third kappa shape index (κ3) is 1.95. The van der Waals surface area contributed by atoms with E-state index in [4.69, 9.17) is 4.79 Å². The van der Waals surface area contributed by atoms with Gasteiger partial charge >= 0.3 is 6.41 Å². The zero-order valence-corrected chi connectivity index (χ0v) is 3.37. The average Bonchev–Trinajstić information content (AvgIpc) is 1.37. The summed E-state index contributed by atoms with van der Waals surface area (Å²) in [5.74, 6) is 0. The summed E-state index contributed by atoms with van der Waals surface area (Å²) in [6, 6.07) is 0. The van der Waals surface area contributed by atoms with Gasteiger partial charge in [0.2, 0.25) is 0 Å². The van der Waals surface area contributed by atoms with Crippen molar-refractivity contribution in [1.29, 1.82) is 0 Å². The maximum atomic E-state index is 8.89. The molecule has 0 aromatic rings. The standard InChI is InChI=1S/CHBrNO/c2-3-1-4/h(H,3,4). The van der Waals surface area contributed by atoms with Crippen LogP contribution in [0.25, 0.3) is 0 Å². The molecule has 0 rings (SSSR count). The van der Waals surface area contributed by atoms with Crippen LogP contribution in [-0.4, -0.2) is 6.41 Å². The quantitative estimate of drug-likeness (QED) is 0.384. The van der Waals surface area contributed by atoms with Crippen LogP contribution in [0.2, 0.25) is 0 Å². The van der Waals surface area contributed by atoms with Crippen molar-refractivity contribution in [3.05, 3.63) is 0 Å². The van der Waals surface area contributed by atoms with Crippen molar-refractivity contribution in [2.75, 3.05) is 0 Å². The third-order valence-corrected chi connectivity index (χ3v) is 0.200. The summed E-state index contributed by atoms with van der Waals surface area (Å²) >= 11 is 2.57. The summed E-state index contributed by atoms with van der Waals surface area (Å²) in [5, 5.41) is 0. The maximum absolute atomic E-state index is 8.89. The first kappa shape index (κ1) is 3.95. The van der Waals surface area contributed by atoms with E-state index in [0.29, 0.717) is 0 Å². The Labute approximate surface area is 32.5 Å². The summed E-state index contributed by atoms with van der Waals surface area (Å²) in [4.78, 5) is 8.89. The van der Waals surface area contributed by atoms with Crippen LogP contribution in [0, 0.1) is 0 Å². The second-order valence-corrected chi connectivity index (χ2v) is 0.593. The van der Waals surface area contributed by atoms with Gasteiger partial charge in [-0.1, -0.05) is 0 Å². The zero-order chi connectivity index (χ0) is 3.41. The Morgan fingerprint density at radius 3 is 2.25 bits per heavy atom. The number of amides is 1. The highest BCUT2D eigenvalue weighted by molar-refractivity contribution is 9.08. The Morgan fingerprint density at radius 2 is 2.25 bits per heavy atom. The van der Waals surface area contributed by atoms with Crippen molar-refractivity contribution >= 4 is 22.6 Å². The van der Waals surface area contributed by atoms with E-state index in [2.05, 4.69) is 16.1 Å². The topological polar surface area (TPSA) is 29.1 Å². The number of rotatable bonds is 1. The van der Waals surface area contributed by atoms with Gasteiger partial charge in [-0.3, -0.25) is 9.14 Å². The molecule has 0 aliphatic heterocycles. The highest BCUT2D eigenvalue weighted by Gasteiger charge is 1.51. The van der Waals surface area contributed by atoms with Crippen LogP contribution >= 0.6 is 16.1 Å². The number of halogens is 1. The second kappa shape index (κ2) is 2.95. The first-order valence-corrected chi connectivity index (χ1v) is 1.44. The van der Waals surface area contributed by atoms with Crippen LogP contribution in [0.3, 0.4) is 0 Å². The van der Waals surface area contributed by atoms with Gasteiger partial charge in [-0.05, 0) is 0 Å². The van der Waals surface area contributed by atoms with E-state index in [1.807, 2.05) is 4.34 Å². The fourth-order valence-electron chi connectivity index (χ4n) is 0. The van der Waals surface area contributed by atoms with Crippen LogP contribution in [0.15, 0.2) is 0 Å². The molecule has 1 amide bonds. The molecule has 4 heavy (non-hydrogen) atoms. The van der Waals surface area contributed by atoms with Crippen LogP contribution in [0.1, 0.15) is 0 Å². The first-order valence-electron chi connectivity index (χ1n) is 0.643. The monoisotopic (exact) mass is 122 g/mol. The van der Waals surface area contributed by atoms with Gasteiger partial charge in [-0.25, -0.2) is 0 Å². The van der Waals surface area contributed by atoms with E-state index in [0.717, 1.165) is 0 Å². The smallest absolute Gasteiger partial charge is 0.284 e. The molecule has 0 aliphatic rings. The lowest BCUT2D eigenvalue weighted by Crippen LogP contribution is -1.85. The van der Waals surface area contributed by atoms with E-state index in [1.54, 1.807) is 0 Å². The molecule has 0 aromatic heterocycles. The van der Waals surface area contributed by atoms with Crippen molar-refractivity contribution in [3.8, 4) is 0 Å². The van der Waals surface area contributed by atoms with Crippen molar-refractivity contribution in [3.63, 3.8) is 0 Å². The molecule has 1 radical (unpaired) electrons. The Kier molecular flexibility index (Phi) is 2.91. The van der Waals surface area contributed by atoms with Gasteiger partial charge in [0.15, 0.2) is 0 Å². The van der Waals surface area contributed by atoms with E-state index in [-0.39, 0.29) is 0 Å². The minimum atomic E-state index is 1.35. The second-order valence-electron chi connectivity index (χ2n) is 0.197. The average molecular weight is 123 g/mol. The summed E-state index contributed by atoms with van der Waals surface area (Å²) in [5.41, 5.74) is 0. The lowest BCUT2D eigenvalue weighted by Gasteiger charge is -1.57. The van der Waals surface area contributed by atoms with Crippen LogP contribution in [-0.2, 0) is 4.79 Å². The van der Waals surface area contributed by atoms with Gasteiger partial charge < -0.3 is 0 Å². The zero-order valence-electron chi connectivity index (χ0n) is 1.79. The Balaban J connectivity index is 2.30. The highest BCUT2D eigenvalue weighted by Crippen LogP contribution is 1.50. The molecule has 0 saturated carbocycles. The van der Waals surface area contributed by atoms with E-state index >= 15 is 0 Å². The predicted octanol–water partition coefficient (Wildman–Crippen LogP) is -0.0469. The lowest BCUT2D eigenvalue weighted by atomic mass is 11.5. The summed E-state index contributed by atoms with van der Waals surface area (Å²) in [7, 11) is 0. The summed E-state index contributed by atoms with van der Waals surface area (Å²) < 4.78 is 1.94. The van der Waals surface area contributed by atoms with E-state index in [1.165, 1.54) is 6.41 Å². The lowest BCUT2D eigenvalue weighted by molar-refractivity contribution is 0.555. The number of carbonyl (C=O) groups excluding carboxylic acids is 1. The summed E-state index contributed by atoms with van der Waals surface area (Å²) in [6.07, 6.45) is 1.35. The maximum Gasteiger partial charge on any atom is 0.319 e. The van der Waals surface area contributed by atoms with Crippen molar-refractivity contribution in [2.45, 2.75) is 0 Å². The van der Waals surface area contributed by atoms with Crippen molar-refractivity contribution in [1.82, 2.24) is 4.34 Å². The van der Waals surface area contributed by atoms with Crippen LogP contribution in [0.4, 0.5) is 0 Å². The fourth-order valence-corrected chi connectivity index (χ4v) is 0. The van der Waals surface area contributed by atoms with Crippen molar-refractivity contribution in [2.24, 2.45) is 0 Å². The highest BCUT2D eigenvalue weighted by atomic mass is 79.9. The molecule has 23 valence electrons. The minimum absolute atomic E-state index is 1.35. The molecular weight excluding hydrogens is 122 g/mol. The fraction of sp³-hybridized carbons (Fsp3) is 0. The van der Waals surface area contributed by atoms with Gasteiger partial charge in [0.25, 0.3) is 0 Å². The molecular formula is CHBrNO. The molecule has 0 fully saturated rings. The molecule has 0 spiro atoms. The Bertz CT molecular complexity index is 22.0. The first-order chi connectivity index (χ1) is 1.91. The number of nitrogens with one attached hydrogen (secondary N) is 1. The predicted molar refractivity (Wildman–Crippen MR) is 17.8 cm³/mol. The van der Waals surface area contributed by atoms with Crippen LogP contribution < -0.4 is 4.34 Å². The van der Waals surface area contributed by atoms with Gasteiger partial charge in [0.05, 0.1) is 0 Å². The Hall–Kier alpha value is -0.0500. The minimum Gasteiger partial charge on any atom is -0.284 e. The van der Waals surface area contributed by atoms with Crippen molar-refractivity contribution < 1.29 is 4.79 Å². The molecule has 3 heteroatoms. The molecule has 1 N–H and O–H groups in total. The Morgan fingerprint density at radius 1 is 2.00 bits per heavy atom. The SMILES string of the molecule is O=[C]NBr. The third-order valence-electron chi connectivity index (χ3n) is 0.0386. The normalized spacial score (nSPS) is 5.25.